The van der Waals surface area contributed by atoms with Crippen molar-refractivity contribution >= 4 is 5.91 Å². The molecule has 1 atom stereocenters. The van der Waals surface area contributed by atoms with Crippen molar-refractivity contribution in [3.05, 3.63) is 66.1 Å². The number of nitrogens with zero attached hydrogens (tertiary/aromatic N) is 3. The lowest BCUT2D eigenvalue weighted by atomic mass is 10.2. The normalized spacial score (nSPS) is 12.1. The van der Waals surface area contributed by atoms with Gasteiger partial charge in [-0.15, -0.1) is 0 Å². The van der Waals surface area contributed by atoms with Gasteiger partial charge < -0.3 is 9.88 Å². The van der Waals surface area contributed by atoms with Gasteiger partial charge in [0.15, 0.2) is 5.82 Å². The van der Waals surface area contributed by atoms with E-state index in [1.165, 1.54) is 0 Å². The second-order valence-corrected chi connectivity index (χ2v) is 6.01. The zero-order valence-corrected chi connectivity index (χ0v) is 14.2. The van der Waals surface area contributed by atoms with Crippen LogP contribution in [0.3, 0.4) is 0 Å². The molecule has 0 aliphatic heterocycles. The third kappa shape index (κ3) is 3.11. The number of rotatable bonds is 5. The van der Waals surface area contributed by atoms with Gasteiger partial charge in [-0.2, -0.15) is 5.10 Å². The van der Waals surface area contributed by atoms with Crippen LogP contribution >= 0.6 is 0 Å². The van der Waals surface area contributed by atoms with Crippen molar-refractivity contribution in [3.8, 4) is 11.5 Å². The Labute approximate surface area is 141 Å². The Kier molecular flexibility index (Phi) is 4.51. The highest BCUT2D eigenvalue weighted by Gasteiger charge is 2.20. The maximum absolute atomic E-state index is 12.7. The maximum atomic E-state index is 12.7. The molecule has 0 saturated carbocycles. The molecule has 0 fully saturated rings. The zero-order valence-electron chi connectivity index (χ0n) is 14.2. The summed E-state index contributed by atoms with van der Waals surface area (Å²) in [6.07, 6.45) is 6.36. The van der Waals surface area contributed by atoms with Gasteiger partial charge in [0.1, 0.15) is 5.56 Å². The molecule has 0 aliphatic carbocycles. The first-order valence-electron chi connectivity index (χ1n) is 8.19. The fraction of sp³-hybridized carbons (Fsp3) is 0.263. The Morgan fingerprint density at radius 1 is 1.25 bits per heavy atom. The van der Waals surface area contributed by atoms with Crippen molar-refractivity contribution in [2.24, 2.45) is 0 Å². The molecule has 0 saturated heterocycles. The molecular formula is C19H22N4O. The highest BCUT2D eigenvalue weighted by molar-refractivity contribution is 5.97. The Hall–Kier alpha value is -2.82. The molecule has 1 N–H and O–H groups in total. The molecule has 0 spiro atoms. The lowest BCUT2D eigenvalue weighted by molar-refractivity contribution is 0.0939. The van der Waals surface area contributed by atoms with Crippen LogP contribution in [0.5, 0.6) is 0 Å². The van der Waals surface area contributed by atoms with Gasteiger partial charge in [0, 0.05) is 18.4 Å². The monoisotopic (exact) mass is 322 g/mol. The van der Waals surface area contributed by atoms with Gasteiger partial charge >= 0.3 is 0 Å². The minimum absolute atomic E-state index is 0.105. The molecule has 5 heteroatoms. The van der Waals surface area contributed by atoms with E-state index in [1.54, 1.807) is 10.9 Å². The lowest BCUT2D eigenvalue weighted by Gasteiger charge is -2.14. The highest BCUT2D eigenvalue weighted by atomic mass is 16.1. The first-order valence-corrected chi connectivity index (χ1v) is 8.19. The third-order valence-electron chi connectivity index (χ3n) is 4.07. The summed E-state index contributed by atoms with van der Waals surface area (Å²) in [4.78, 5) is 12.7. The van der Waals surface area contributed by atoms with Crippen molar-refractivity contribution in [1.82, 2.24) is 19.7 Å². The van der Waals surface area contributed by atoms with Crippen LogP contribution in [0.15, 0.2) is 55.0 Å². The lowest BCUT2D eigenvalue weighted by Crippen LogP contribution is -2.32. The molecule has 3 aromatic rings. The molecule has 2 aromatic heterocycles. The Morgan fingerprint density at radius 3 is 2.67 bits per heavy atom. The number of nitrogens with one attached hydrogen (secondary N) is 1. The van der Waals surface area contributed by atoms with Crippen LogP contribution in [0, 0.1) is 6.92 Å². The van der Waals surface area contributed by atoms with Crippen LogP contribution < -0.4 is 5.32 Å². The van der Waals surface area contributed by atoms with Gasteiger partial charge in [-0.3, -0.25) is 4.79 Å². The fourth-order valence-electron chi connectivity index (χ4n) is 2.58. The molecule has 1 aromatic carbocycles. The second-order valence-electron chi connectivity index (χ2n) is 6.01. The molecule has 124 valence electrons. The average Bonchev–Trinajstić information content (AvgIpc) is 3.23. The number of benzene rings is 1. The van der Waals surface area contributed by atoms with Gasteiger partial charge in [0.05, 0.1) is 11.9 Å². The number of amides is 1. The van der Waals surface area contributed by atoms with E-state index in [2.05, 4.69) is 16.5 Å². The van der Waals surface area contributed by atoms with E-state index in [1.807, 2.05) is 68.1 Å². The molecular weight excluding hydrogens is 300 g/mol. The molecule has 0 aliphatic rings. The van der Waals surface area contributed by atoms with Gasteiger partial charge in [-0.05, 0) is 50.1 Å². The predicted molar refractivity (Wildman–Crippen MR) is 94.8 cm³/mol. The summed E-state index contributed by atoms with van der Waals surface area (Å²) in [6, 6.07) is 12.1. The number of hydrogen-bond acceptors (Lipinski definition) is 2. The zero-order chi connectivity index (χ0) is 17.1. The van der Waals surface area contributed by atoms with Gasteiger partial charge in [0.25, 0.3) is 5.91 Å². The molecule has 24 heavy (non-hydrogen) atoms. The van der Waals surface area contributed by atoms with Crippen molar-refractivity contribution in [2.45, 2.75) is 33.2 Å². The summed E-state index contributed by atoms with van der Waals surface area (Å²) >= 11 is 0. The van der Waals surface area contributed by atoms with E-state index >= 15 is 0 Å². The summed E-state index contributed by atoms with van der Waals surface area (Å²) in [6.45, 7) is 6.09. The van der Waals surface area contributed by atoms with Crippen LogP contribution in [0.4, 0.5) is 0 Å². The third-order valence-corrected chi connectivity index (χ3v) is 4.07. The first-order chi connectivity index (χ1) is 11.6. The van der Waals surface area contributed by atoms with Crippen LogP contribution in [0.2, 0.25) is 0 Å². The number of aromatic nitrogens is 3. The second kappa shape index (κ2) is 6.74. The largest absolute Gasteiger partial charge is 0.349 e. The average molecular weight is 322 g/mol. The van der Waals surface area contributed by atoms with E-state index in [-0.39, 0.29) is 11.9 Å². The Bertz CT molecular complexity index is 833. The minimum atomic E-state index is -0.105. The summed E-state index contributed by atoms with van der Waals surface area (Å²) in [7, 11) is 0. The van der Waals surface area contributed by atoms with E-state index in [4.69, 9.17) is 0 Å². The van der Waals surface area contributed by atoms with E-state index in [0.29, 0.717) is 5.56 Å². The topological polar surface area (TPSA) is 51.9 Å². The quantitative estimate of drug-likeness (QED) is 0.781. The summed E-state index contributed by atoms with van der Waals surface area (Å²) in [5.41, 5.74) is 2.64. The molecule has 2 heterocycles. The van der Waals surface area contributed by atoms with Crippen molar-refractivity contribution in [1.29, 1.82) is 0 Å². The molecule has 5 nitrogen and oxygen atoms in total. The van der Waals surface area contributed by atoms with Gasteiger partial charge in [0.2, 0.25) is 0 Å². The maximum Gasteiger partial charge on any atom is 0.256 e. The van der Waals surface area contributed by atoms with Crippen LogP contribution in [-0.4, -0.2) is 26.3 Å². The van der Waals surface area contributed by atoms with Crippen molar-refractivity contribution in [2.75, 3.05) is 0 Å². The van der Waals surface area contributed by atoms with Crippen molar-refractivity contribution < 1.29 is 4.79 Å². The summed E-state index contributed by atoms with van der Waals surface area (Å²) < 4.78 is 3.72. The van der Waals surface area contributed by atoms with Gasteiger partial charge in [-0.25, -0.2) is 4.68 Å². The Balaban J connectivity index is 2.10. The van der Waals surface area contributed by atoms with E-state index in [9.17, 15) is 4.79 Å². The number of carbonyl (C=O) groups is 1. The molecule has 0 bridgehead atoms. The minimum Gasteiger partial charge on any atom is -0.349 e. The first kappa shape index (κ1) is 16.1. The molecule has 3 rings (SSSR count). The highest BCUT2D eigenvalue weighted by Crippen LogP contribution is 2.20. The number of aryl methyl sites for hydroxylation is 1. The van der Waals surface area contributed by atoms with Crippen LogP contribution in [0.1, 0.15) is 36.2 Å². The number of hydrogen-bond donors (Lipinski definition) is 1. The van der Waals surface area contributed by atoms with Crippen LogP contribution in [-0.2, 0) is 0 Å². The SMILES string of the molecule is CC[C@@H](C)NC(=O)c1cnn(-c2cccc(C)c2)c1-n1cccc1. The molecule has 1 amide bonds. The Morgan fingerprint density at radius 2 is 2.00 bits per heavy atom. The van der Waals surface area contributed by atoms with Crippen LogP contribution in [0.25, 0.3) is 11.5 Å². The van der Waals surface area contributed by atoms with E-state index < -0.39 is 0 Å². The van der Waals surface area contributed by atoms with Crippen molar-refractivity contribution in [3.63, 3.8) is 0 Å². The molecule has 0 radical (unpaired) electrons. The standard InChI is InChI=1S/C19H22N4O/c1-4-15(3)21-18(24)17-13-20-23(16-9-7-8-14(2)12-16)19(17)22-10-5-6-11-22/h5-13,15H,4H2,1-3H3,(H,21,24)/t15-/m1/s1. The van der Waals surface area contributed by atoms with Gasteiger partial charge in [-0.1, -0.05) is 19.1 Å². The van der Waals surface area contributed by atoms with E-state index in [0.717, 1.165) is 23.5 Å². The number of carbonyl (C=O) groups excluding carboxylic acids is 1. The fourth-order valence-corrected chi connectivity index (χ4v) is 2.58. The summed E-state index contributed by atoms with van der Waals surface area (Å²) in [5.74, 6) is 0.637. The predicted octanol–water partition coefficient (Wildman–Crippen LogP) is 3.50. The summed E-state index contributed by atoms with van der Waals surface area (Å²) in [5, 5.41) is 7.49. The smallest absolute Gasteiger partial charge is 0.256 e. The molecule has 0 unspecified atom stereocenters.